The number of rotatable bonds is 6. The minimum atomic E-state index is -0.618. The maximum absolute atomic E-state index is 13.4. The molecule has 0 saturated carbocycles. The van der Waals surface area contributed by atoms with Gasteiger partial charge in [0.1, 0.15) is 12.4 Å². The molecule has 2 aromatic rings. The van der Waals surface area contributed by atoms with Crippen LogP contribution in [-0.4, -0.2) is 15.9 Å². The Kier molecular flexibility index (Phi) is 6.08. The van der Waals surface area contributed by atoms with E-state index in [1.807, 2.05) is 0 Å². The quantitative estimate of drug-likeness (QED) is 0.479. The standard InChI is InChI=1S/C16H12Br2F2O2/c17-8-13(18)16(21)11-3-1-10(2-4-11)9-22-15-7-12(19)5-6-14(15)20/h1-7,13H,8-9H2. The molecule has 116 valence electrons. The molecule has 0 fully saturated rings. The third kappa shape index (κ3) is 4.36. The summed E-state index contributed by atoms with van der Waals surface area (Å²) in [5.41, 5.74) is 1.33. The third-order valence-electron chi connectivity index (χ3n) is 2.95. The van der Waals surface area contributed by atoms with Crippen LogP contribution >= 0.6 is 31.9 Å². The molecule has 0 radical (unpaired) electrons. The van der Waals surface area contributed by atoms with Gasteiger partial charge >= 0.3 is 0 Å². The van der Waals surface area contributed by atoms with Gasteiger partial charge in [-0.15, -0.1) is 0 Å². The molecule has 0 saturated heterocycles. The van der Waals surface area contributed by atoms with E-state index in [9.17, 15) is 13.6 Å². The SMILES string of the molecule is O=C(c1ccc(COc2cc(F)ccc2F)cc1)C(Br)CBr. The summed E-state index contributed by atoms with van der Waals surface area (Å²) in [6, 6.07) is 9.85. The highest BCUT2D eigenvalue weighted by Gasteiger charge is 2.15. The third-order valence-corrected chi connectivity index (χ3v) is 5.20. The van der Waals surface area contributed by atoms with E-state index >= 15 is 0 Å². The van der Waals surface area contributed by atoms with Crippen molar-refractivity contribution < 1.29 is 18.3 Å². The second-order valence-electron chi connectivity index (χ2n) is 4.55. The van der Waals surface area contributed by atoms with Crippen molar-refractivity contribution in [3.63, 3.8) is 0 Å². The van der Waals surface area contributed by atoms with Crippen LogP contribution in [0, 0.1) is 11.6 Å². The highest BCUT2D eigenvalue weighted by atomic mass is 79.9. The number of halogens is 4. The van der Waals surface area contributed by atoms with E-state index in [0.29, 0.717) is 10.9 Å². The number of benzene rings is 2. The normalized spacial score (nSPS) is 12.0. The van der Waals surface area contributed by atoms with Crippen molar-refractivity contribution in [2.45, 2.75) is 11.4 Å². The van der Waals surface area contributed by atoms with Crippen molar-refractivity contribution in [2.24, 2.45) is 0 Å². The first-order valence-electron chi connectivity index (χ1n) is 6.42. The van der Waals surface area contributed by atoms with Gasteiger partial charge < -0.3 is 4.74 Å². The highest BCUT2D eigenvalue weighted by molar-refractivity contribution is 9.12. The second kappa shape index (κ2) is 7.83. The fourth-order valence-electron chi connectivity index (χ4n) is 1.77. The lowest BCUT2D eigenvalue weighted by Gasteiger charge is -2.09. The molecule has 0 amide bonds. The predicted octanol–water partition coefficient (Wildman–Crippen LogP) is 4.88. The topological polar surface area (TPSA) is 26.3 Å². The molecule has 2 nitrogen and oxygen atoms in total. The van der Waals surface area contributed by atoms with Gasteiger partial charge in [0, 0.05) is 17.0 Å². The minimum absolute atomic E-state index is 0.0273. The Labute approximate surface area is 143 Å². The van der Waals surface area contributed by atoms with Gasteiger partial charge in [-0.25, -0.2) is 8.78 Å². The van der Waals surface area contributed by atoms with Crippen molar-refractivity contribution in [1.82, 2.24) is 0 Å². The van der Waals surface area contributed by atoms with Gasteiger partial charge in [-0.3, -0.25) is 4.79 Å². The highest BCUT2D eigenvalue weighted by Crippen LogP contribution is 2.20. The molecule has 0 aliphatic carbocycles. The average molecular weight is 434 g/mol. The lowest BCUT2D eigenvalue weighted by atomic mass is 10.1. The summed E-state index contributed by atoms with van der Waals surface area (Å²) in [4.78, 5) is 11.7. The molecule has 1 atom stereocenters. The molecule has 0 bridgehead atoms. The molecular weight excluding hydrogens is 422 g/mol. The number of hydrogen-bond donors (Lipinski definition) is 0. The van der Waals surface area contributed by atoms with Crippen LogP contribution in [0.25, 0.3) is 0 Å². The number of carbonyl (C=O) groups excluding carboxylic acids is 1. The van der Waals surface area contributed by atoms with Crippen molar-refractivity contribution in [3.8, 4) is 5.75 Å². The van der Waals surface area contributed by atoms with Crippen molar-refractivity contribution in [1.29, 1.82) is 0 Å². The zero-order valence-corrected chi connectivity index (χ0v) is 14.5. The van der Waals surface area contributed by atoms with Gasteiger partial charge in [0.15, 0.2) is 17.3 Å². The van der Waals surface area contributed by atoms with E-state index in [0.717, 1.165) is 23.8 Å². The van der Waals surface area contributed by atoms with Gasteiger partial charge in [-0.05, 0) is 17.7 Å². The van der Waals surface area contributed by atoms with E-state index in [1.54, 1.807) is 24.3 Å². The number of ether oxygens (including phenoxy) is 1. The molecule has 0 spiro atoms. The molecule has 22 heavy (non-hydrogen) atoms. The average Bonchev–Trinajstić information content (AvgIpc) is 2.54. The smallest absolute Gasteiger partial charge is 0.177 e. The first kappa shape index (κ1) is 17.1. The lowest BCUT2D eigenvalue weighted by Crippen LogP contribution is -2.15. The molecule has 0 aromatic heterocycles. The summed E-state index contributed by atoms with van der Waals surface area (Å²) in [5, 5.41) is 0.523. The molecule has 0 aliphatic heterocycles. The van der Waals surface area contributed by atoms with E-state index in [1.165, 1.54) is 0 Å². The summed E-state index contributed by atoms with van der Waals surface area (Å²) in [7, 11) is 0. The number of hydrogen-bond acceptors (Lipinski definition) is 2. The van der Waals surface area contributed by atoms with Crippen LogP contribution in [0.15, 0.2) is 42.5 Å². The Balaban J connectivity index is 2.02. The van der Waals surface area contributed by atoms with Gasteiger partial charge in [0.05, 0.1) is 4.83 Å². The summed E-state index contributed by atoms with van der Waals surface area (Å²) >= 11 is 6.51. The first-order valence-corrected chi connectivity index (χ1v) is 8.46. The van der Waals surface area contributed by atoms with Crippen molar-refractivity contribution in [3.05, 3.63) is 65.2 Å². The van der Waals surface area contributed by atoms with Crippen LogP contribution in [0.3, 0.4) is 0 Å². The zero-order chi connectivity index (χ0) is 16.1. The van der Waals surface area contributed by atoms with Gasteiger partial charge in [-0.2, -0.15) is 0 Å². The predicted molar refractivity (Wildman–Crippen MR) is 88.0 cm³/mol. The molecular formula is C16H12Br2F2O2. The van der Waals surface area contributed by atoms with E-state index in [-0.39, 0.29) is 23.0 Å². The second-order valence-corrected chi connectivity index (χ2v) is 6.30. The number of carbonyl (C=O) groups is 1. The van der Waals surface area contributed by atoms with Gasteiger partial charge in [0.25, 0.3) is 0 Å². The first-order chi connectivity index (χ1) is 10.5. The number of ketones is 1. The van der Waals surface area contributed by atoms with Crippen LogP contribution in [0.4, 0.5) is 8.78 Å². The van der Waals surface area contributed by atoms with Crippen LogP contribution in [-0.2, 0) is 6.61 Å². The van der Waals surface area contributed by atoms with Crippen molar-refractivity contribution in [2.75, 3.05) is 5.33 Å². The molecule has 2 rings (SSSR count). The Morgan fingerprint density at radius 2 is 1.82 bits per heavy atom. The molecule has 6 heteroatoms. The van der Waals surface area contributed by atoms with Crippen LogP contribution in [0.5, 0.6) is 5.75 Å². The van der Waals surface area contributed by atoms with Gasteiger partial charge in [0.2, 0.25) is 0 Å². The summed E-state index contributed by atoms with van der Waals surface area (Å²) in [5.74, 6) is -1.34. The molecule has 0 aliphatic rings. The fraction of sp³-hybridized carbons (Fsp3) is 0.188. The fourth-order valence-corrected chi connectivity index (χ4v) is 2.32. The Morgan fingerprint density at radius 3 is 2.45 bits per heavy atom. The van der Waals surface area contributed by atoms with E-state index in [2.05, 4.69) is 31.9 Å². The maximum Gasteiger partial charge on any atom is 0.177 e. The summed E-state index contributed by atoms with van der Waals surface area (Å²) in [6.07, 6.45) is 0. The number of Topliss-reactive ketones (excluding diaryl/α,β-unsaturated/α-hetero) is 1. The van der Waals surface area contributed by atoms with E-state index < -0.39 is 11.6 Å². The van der Waals surface area contributed by atoms with Crippen LogP contribution < -0.4 is 4.74 Å². The molecule has 0 heterocycles. The van der Waals surface area contributed by atoms with Crippen LogP contribution in [0.1, 0.15) is 15.9 Å². The maximum atomic E-state index is 13.4. The van der Waals surface area contributed by atoms with Crippen molar-refractivity contribution >= 4 is 37.6 Å². The Bertz CT molecular complexity index is 660. The molecule has 1 unspecified atom stereocenters. The Morgan fingerprint density at radius 1 is 1.14 bits per heavy atom. The van der Waals surface area contributed by atoms with Gasteiger partial charge in [-0.1, -0.05) is 56.1 Å². The monoisotopic (exact) mass is 432 g/mol. The lowest BCUT2D eigenvalue weighted by molar-refractivity contribution is 0.0997. The Hall–Kier alpha value is -1.27. The number of alkyl halides is 2. The largest absolute Gasteiger partial charge is 0.486 e. The molecule has 0 N–H and O–H groups in total. The minimum Gasteiger partial charge on any atom is -0.486 e. The molecule has 2 aromatic carbocycles. The zero-order valence-electron chi connectivity index (χ0n) is 11.4. The van der Waals surface area contributed by atoms with E-state index in [4.69, 9.17) is 4.74 Å². The summed E-state index contributed by atoms with van der Waals surface area (Å²) < 4.78 is 31.7. The van der Waals surface area contributed by atoms with Crippen LogP contribution in [0.2, 0.25) is 0 Å². The summed E-state index contributed by atoms with van der Waals surface area (Å²) in [6.45, 7) is 0.0883.